The molecule has 6 rings (SSSR count). The number of nitrogens with zero attached hydrogens (tertiary/aromatic N) is 1. The van der Waals surface area contributed by atoms with Crippen LogP contribution in [0.1, 0.15) is 15.9 Å². The van der Waals surface area contributed by atoms with Gasteiger partial charge in [0, 0.05) is 28.7 Å². The Morgan fingerprint density at radius 3 is 2.83 bits per heavy atom. The monoisotopic (exact) mass is 479 g/mol. The fourth-order valence-corrected chi connectivity index (χ4v) is 4.73. The second-order valence-corrected chi connectivity index (χ2v) is 8.88. The first-order valence-electron chi connectivity index (χ1n) is 11.9. The fourth-order valence-electron chi connectivity index (χ4n) is 4.73. The highest BCUT2D eigenvalue weighted by Crippen LogP contribution is 2.39. The molecule has 36 heavy (non-hydrogen) atoms. The molecule has 180 valence electrons. The number of aromatic nitrogens is 2. The molecule has 1 aliphatic rings. The van der Waals surface area contributed by atoms with Crippen LogP contribution in [-0.2, 0) is 6.42 Å². The van der Waals surface area contributed by atoms with E-state index in [1.807, 2.05) is 72.9 Å². The predicted octanol–water partition coefficient (Wildman–Crippen LogP) is 4.49. The van der Waals surface area contributed by atoms with Crippen LogP contribution in [0.3, 0.4) is 0 Å². The molecular formula is C29H25N3O4. The van der Waals surface area contributed by atoms with Gasteiger partial charge in [0.2, 0.25) is 0 Å². The van der Waals surface area contributed by atoms with E-state index in [0.29, 0.717) is 36.7 Å². The van der Waals surface area contributed by atoms with Crippen LogP contribution >= 0.6 is 0 Å². The van der Waals surface area contributed by atoms with Crippen molar-refractivity contribution in [2.75, 3.05) is 19.8 Å². The summed E-state index contributed by atoms with van der Waals surface area (Å²) in [6.07, 6.45) is 4.18. The molecule has 0 spiro atoms. The zero-order chi connectivity index (χ0) is 24.5. The van der Waals surface area contributed by atoms with Crippen molar-refractivity contribution >= 4 is 27.7 Å². The van der Waals surface area contributed by atoms with Crippen molar-refractivity contribution < 1.29 is 19.4 Å². The second kappa shape index (κ2) is 9.36. The first-order chi connectivity index (χ1) is 17.7. The van der Waals surface area contributed by atoms with E-state index in [2.05, 4.69) is 15.3 Å². The van der Waals surface area contributed by atoms with Crippen LogP contribution in [0.4, 0.5) is 0 Å². The normalized spacial score (nSPS) is 13.6. The SMILES string of the molecule is O=C(N[C@@H](CO)Cc1c[nH]c2ccccc12)c1cc(-c2ccc3ncccc3c2)cc2c1OCCO2. The Balaban J connectivity index is 1.32. The average molecular weight is 480 g/mol. The van der Waals surface area contributed by atoms with Crippen LogP contribution in [0, 0.1) is 0 Å². The molecule has 2 aromatic heterocycles. The van der Waals surface area contributed by atoms with Gasteiger partial charge in [0.05, 0.1) is 23.7 Å². The van der Waals surface area contributed by atoms with Crippen molar-refractivity contribution in [2.45, 2.75) is 12.5 Å². The number of aromatic amines is 1. The molecule has 0 saturated heterocycles. The van der Waals surface area contributed by atoms with E-state index in [-0.39, 0.29) is 12.5 Å². The van der Waals surface area contributed by atoms with E-state index in [1.54, 1.807) is 6.20 Å². The van der Waals surface area contributed by atoms with Gasteiger partial charge in [-0.1, -0.05) is 30.3 Å². The number of rotatable bonds is 6. The molecule has 1 atom stereocenters. The molecule has 7 nitrogen and oxygen atoms in total. The maximum absolute atomic E-state index is 13.5. The number of para-hydroxylation sites is 1. The van der Waals surface area contributed by atoms with Crippen molar-refractivity contribution in [1.82, 2.24) is 15.3 Å². The minimum Gasteiger partial charge on any atom is -0.486 e. The first-order valence-corrected chi connectivity index (χ1v) is 11.9. The molecule has 7 heteroatoms. The van der Waals surface area contributed by atoms with Gasteiger partial charge in [-0.2, -0.15) is 0 Å². The minimum atomic E-state index is -0.465. The maximum atomic E-state index is 13.5. The Morgan fingerprint density at radius 2 is 1.92 bits per heavy atom. The molecule has 1 aliphatic heterocycles. The summed E-state index contributed by atoms with van der Waals surface area (Å²) in [4.78, 5) is 21.1. The molecule has 3 N–H and O–H groups in total. The van der Waals surface area contributed by atoms with Gasteiger partial charge in [-0.3, -0.25) is 9.78 Å². The second-order valence-electron chi connectivity index (χ2n) is 8.88. The van der Waals surface area contributed by atoms with E-state index in [0.717, 1.165) is 38.5 Å². The van der Waals surface area contributed by atoms with Gasteiger partial charge in [-0.15, -0.1) is 0 Å². The van der Waals surface area contributed by atoms with Crippen LogP contribution in [-0.4, -0.2) is 46.8 Å². The van der Waals surface area contributed by atoms with Gasteiger partial charge in [-0.25, -0.2) is 0 Å². The third-order valence-electron chi connectivity index (χ3n) is 6.52. The van der Waals surface area contributed by atoms with Gasteiger partial charge in [-0.05, 0) is 59.5 Å². The Bertz CT molecular complexity index is 1580. The summed E-state index contributed by atoms with van der Waals surface area (Å²) in [7, 11) is 0. The summed E-state index contributed by atoms with van der Waals surface area (Å²) >= 11 is 0. The van der Waals surface area contributed by atoms with Gasteiger partial charge in [0.25, 0.3) is 5.91 Å². The van der Waals surface area contributed by atoms with Crippen LogP contribution in [0.5, 0.6) is 11.5 Å². The molecule has 0 fully saturated rings. The fraction of sp³-hybridized carbons (Fsp3) is 0.172. The van der Waals surface area contributed by atoms with E-state index < -0.39 is 6.04 Å². The number of amides is 1. The lowest BCUT2D eigenvalue weighted by molar-refractivity contribution is 0.0906. The highest BCUT2D eigenvalue weighted by molar-refractivity contribution is 6.00. The molecule has 1 amide bonds. The van der Waals surface area contributed by atoms with Gasteiger partial charge in [0.15, 0.2) is 11.5 Å². The molecular weight excluding hydrogens is 454 g/mol. The largest absolute Gasteiger partial charge is 0.486 e. The Labute approximate surface area is 207 Å². The maximum Gasteiger partial charge on any atom is 0.255 e. The number of aliphatic hydroxyl groups excluding tert-OH is 1. The quantitative estimate of drug-likeness (QED) is 0.334. The Kier molecular flexibility index (Phi) is 5.75. The molecule has 3 aromatic carbocycles. The standard InChI is InChI=1S/C29H25N3O4/c33-17-22(13-21-16-31-26-6-2-1-5-23(21)26)32-29(34)24-14-20(15-27-28(24)36-11-10-35-27)18-7-8-25-19(12-18)4-3-9-30-25/h1-9,12,14-16,22,31,33H,10-11,13,17H2,(H,32,34)/t22-/m1/s1. The van der Waals surface area contributed by atoms with Crippen LogP contribution in [0.25, 0.3) is 32.9 Å². The number of H-pyrrole nitrogens is 1. The number of ether oxygens (including phenoxy) is 2. The van der Waals surface area contributed by atoms with E-state index in [1.165, 1.54) is 0 Å². The van der Waals surface area contributed by atoms with Crippen molar-refractivity contribution in [2.24, 2.45) is 0 Å². The van der Waals surface area contributed by atoms with Gasteiger partial charge < -0.3 is 24.9 Å². The molecule has 0 bridgehead atoms. The minimum absolute atomic E-state index is 0.192. The van der Waals surface area contributed by atoms with Crippen LogP contribution in [0.15, 0.2) is 79.1 Å². The summed E-state index contributed by atoms with van der Waals surface area (Å²) in [5, 5.41) is 15.2. The predicted molar refractivity (Wildman–Crippen MR) is 139 cm³/mol. The van der Waals surface area contributed by atoms with Crippen molar-refractivity contribution in [3.05, 3.63) is 90.3 Å². The number of nitrogens with one attached hydrogen (secondary N) is 2. The highest BCUT2D eigenvalue weighted by Gasteiger charge is 2.25. The lowest BCUT2D eigenvalue weighted by atomic mass is 9.99. The van der Waals surface area contributed by atoms with E-state index in [4.69, 9.17) is 9.47 Å². The van der Waals surface area contributed by atoms with Gasteiger partial charge in [0.1, 0.15) is 13.2 Å². The summed E-state index contributed by atoms with van der Waals surface area (Å²) in [5.41, 5.74) is 5.12. The lowest BCUT2D eigenvalue weighted by Gasteiger charge is -2.23. The molecule has 0 radical (unpaired) electrons. The third-order valence-corrected chi connectivity index (χ3v) is 6.52. The summed E-state index contributed by atoms with van der Waals surface area (Å²) < 4.78 is 11.7. The van der Waals surface area contributed by atoms with Gasteiger partial charge >= 0.3 is 0 Å². The number of fused-ring (bicyclic) bond motifs is 3. The highest BCUT2D eigenvalue weighted by atomic mass is 16.6. The Hall–Kier alpha value is -4.36. The molecule has 3 heterocycles. The van der Waals surface area contributed by atoms with Crippen LogP contribution in [0.2, 0.25) is 0 Å². The first kappa shape index (κ1) is 22.1. The number of benzene rings is 3. The van der Waals surface area contributed by atoms with Crippen LogP contribution < -0.4 is 14.8 Å². The van der Waals surface area contributed by atoms with Crippen molar-refractivity contribution in [1.29, 1.82) is 0 Å². The zero-order valence-electron chi connectivity index (χ0n) is 19.5. The Morgan fingerprint density at radius 1 is 1.03 bits per heavy atom. The summed E-state index contributed by atoms with van der Waals surface area (Å²) in [6, 6.07) is 21.1. The smallest absolute Gasteiger partial charge is 0.255 e. The molecule has 0 unspecified atom stereocenters. The van der Waals surface area contributed by atoms with E-state index in [9.17, 15) is 9.90 Å². The summed E-state index contributed by atoms with van der Waals surface area (Å²) in [5.74, 6) is 0.640. The average Bonchev–Trinajstić information content (AvgIpc) is 3.34. The number of hydrogen-bond acceptors (Lipinski definition) is 5. The number of carbonyl (C=O) groups is 1. The molecule has 0 saturated carbocycles. The summed E-state index contributed by atoms with van der Waals surface area (Å²) in [6.45, 7) is 0.591. The number of hydrogen-bond donors (Lipinski definition) is 3. The number of carbonyl (C=O) groups excluding carboxylic acids is 1. The van der Waals surface area contributed by atoms with Crippen molar-refractivity contribution in [3.8, 4) is 22.6 Å². The lowest BCUT2D eigenvalue weighted by Crippen LogP contribution is -2.39. The third kappa shape index (κ3) is 4.14. The molecule has 5 aromatic rings. The zero-order valence-corrected chi connectivity index (χ0v) is 19.5. The molecule has 0 aliphatic carbocycles. The van der Waals surface area contributed by atoms with Crippen molar-refractivity contribution in [3.63, 3.8) is 0 Å². The number of pyridine rings is 1. The van der Waals surface area contributed by atoms with E-state index >= 15 is 0 Å². The topological polar surface area (TPSA) is 96.5 Å². The number of aliphatic hydroxyl groups is 1.